The first kappa shape index (κ1) is 10.5. The summed E-state index contributed by atoms with van der Waals surface area (Å²) in [5.74, 6) is 0.457. The van der Waals surface area contributed by atoms with E-state index in [-0.39, 0.29) is 0 Å². The van der Waals surface area contributed by atoms with Crippen LogP contribution in [0, 0.1) is 0 Å². The molecule has 0 saturated carbocycles. The molecule has 0 heterocycles. The van der Waals surface area contributed by atoms with Crippen molar-refractivity contribution in [1.29, 1.82) is 0 Å². The van der Waals surface area contributed by atoms with E-state index < -0.39 is 0 Å². The second kappa shape index (κ2) is 5.19. The zero-order valence-electron chi connectivity index (χ0n) is 8.36. The highest BCUT2D eigenvalue weighted by molar-refractivity contribution is 6.00. The number of nitrogens with zero attached hydrogens (tertiary/aromatic N) is 1. The van der Waals surface area contributed by atoms with Crippen LogP contribution in [0.5, 0.6) is 0 Å². The Labute approximate surface area is 83.8 Å². The third-order valence-electron chi connectivity index (χ3n) is 1.87. The van der Waals surface area contributed by atoms with Crippen LogP contribution >= 0.6 is 0 Å². The number of hydroxylamine groups is 1. The maximum Gasteiger partial charge on any atom is 0.151 e. The molecule has 0 spiro atoms. The molecule has 1 aliphatic rings. The van der Waals surface area contributed by atoms with Gasteiger partial charge in [-0.25, -0.2) is 0 Å². The van der Waals surface area contributed by atoms with Crippen LogP contribution in [-0.4, -0.2) is 18.1 Å². The third-order valence-corrected chi connectivity index (χ3v) is 1.87. The van der Waals surface area contributed by atoms with Crippen molar-refractivity contribution in [2.75, 3.05) is 7.05 Å². The Morgan fingerprint density at radius 1 is 1.29 bits per heavy atom. The van der Waals surface area contributed by atoms with E-state index in [1.54, 1.807) is 7.05 Å². The average molecular weight is 190 g/mol. The highest BCUT2D eigenvalue weighted by atomic mass is 16.5. The van der Waals surface area contributed by atoms with Crippen LogP contribution in [0.2, 0.25) is 0 Å². The third kappa shape index (κ3) is 2.71. The van der Waals surface area contributed by atoms with Crippen LogP contribution in [0.4, 0.5) is 0 Å². The van der Waals surface area contributed by atoms with Crippen molar-refractivity contribution >= 4 is 5.84 Å². The van der Waals surface area contributed by atoms with E-state index in [1.807, 2.05) is 43.4 Å². The SMILES string of the molecule is CN=C(NO)C1=CC=CC(C)=CC=C1. The largest absolute Gasteiger partial charge is 0.290 e. The molecule has 1 rings (SSSR count). The van der Waals surface area contributed by atoms with Crippen LogP contribution in [0.25, 0.3) is 0 Å². The van der Waals surface area contributed by atoms with E-state index >= 15 is 0 Å². The first-order valence-electron chi connectivity index (χ1n) is 4.38. The monoisotopic (exact) mass is 190 g/mol. The standard InChI is InChI=1S/C11H14N2O/c1-9-5-3-7-10(8-4-6-9)11(12-2)13-14/h3-8,14H,1-2H3,(H,12,13). The van der Waals surface area contributed by atoms with Gasteiger partial charge in [-0.15, -0.1) is 0 Å². The lowest BCUT2D eigenvalue weighted by molar-refractivity contribution is 0.235. The van der Waals surface area contributed by atoms with Crippen molar-refractivity contribution in [2.24, 2.45) is 4.99 Å². The van der Waals surface area contributed by atoms with Crippen LogP contribution in [0.1, 0.15) is 6.92 Å². The summed E-state index contributed by atoms with van der Waals surface area (Å²) in [6, 6.07) is 0. The average Bonchev–Trinajstić information content (AvgIpc) is 2.15. The fourth-order valence-electron chi connectivity index (χ4n) is 1.12. The number of hydrogen-bond donors (Lipinski definition) is 2. The summed E-state index contributed by atoms with van der Waals surface area (Å²) in [4.78, 5) is 3.90. The van der Waals surface area contributed by atoms with Gasteiger partial charge in [-0.1, -0.05) is 42.0 Å². The number of rotatable bonds is 1. The molecule has 0 unspecified atom stereocenters. The van der Waals surface area contributed by atoms with Gasteiger partial charge in [-0.3, -0.25) is 15.7 Å². The lowest BCUT2D eigenvalue weighted by Crippen LogP contribution is -2.20. The van der Waals surface area contributed by atoms with Gasteiger partial charge in [-0.2, -0.15) is 0 Å². The molecular weight excluding hydrogens is 176 g/mol. The molecule has 74 valence electrons. The molecule has 0 amide bonds. The summed E-state index contributed by atoms with van der Waals surface area (Å²) < 4.78 is 0. The topological polar surface area (TPSA) is 44.6 Å². The van der Waals surface area contributed by atoms with Crippen LogP contribution < -0.4 is 5.48 Å². The summed E-state index contributed by atoms with van der Waals surface area (Å²) >= 11 is 0. The van der Waals surface area contributed by atoms with Crippen LogP contribution in [0.15, 0.2) is 52.6 Å². The summed E-state index contributed by atoms with van der Waals surface area (Å²) in [5, 5.41) is 8.80. The zero-order valence-corrected chi connectivity index (χ0v) is 8.36. The van der Waals surface area contributed by atoms with Gasteiger partial charge >= 0.3 is 0 Å². The van der Waals surface area contributed by atoms with Gasteiger partial charge in [-0.05, 0) is 6.92 Å². The Bertz CT molecular complexity index is 346. The Balaban J connectivity index is 2.93. The minimum atomic E-state index is 0.457. The molecule has 0 atom stereocenters. The van der Waals surface area contributed by atoms with E-state index in [9.17, 15) is 0 Å². The highest BCUT2D eigenvalue weighted by Crippen LogP contribution is 2.06. The van der Waals surface area contributed by atoms with Crippen molar-refractivity contribution in [2.45, 2.75) is 6.92 Å². The van der Waals surface area contributed by atoms with Crippen LogP contribution in [0.3, 0.4) is 0 Å². The molecule has 0 saturated heterocycles. The highest BCUT2D eigenvalue weighted by Gasteiger charge is 2.00. The molecule has 1 aliphatic carbocycles. The molecule has 3 nitrogen and oxygen atoms in total. The van der Waals surface area contributed by atoms with Crippen molar-refractivity contribution in [1.82, 2.24) is 5.48 Å². The molecule has 0 aromatic carbocycles. The summed E-state index contributed by atoms with van der Waals surface area (Å²) in [6.45, 7) is 2.03. The molecular formula is C11H14N2O. The normalized spacial score (nSPS) is 16.9. The van der Waals surface area contributed by atoms with Crippen molar-refractivity contribution in [3.05, 3.63) is 47.6 Å². The molecule has 0 aromatic rings. The fraction of sp³-hybridized carbons (Fsp3) is 0.182. The fourth-order valence-corrected chi connectivity index (χ4v) is 1.12. The van der Waals surface area contributed by atoms with Crippen LogP contribution in [-0.2, 0) is 0 Å². The lowest BCUT2D eigenvalue weighted by Gasteiger charge is -2.04. The van der Waals surface area contributed by atoms with E-state index in [2.05, 4.69) is 10.5 Å². The van der Waals surface area contributed by atoms with Gasteiger partial charge in [0.2, 0.25) is 0 Å². The summed E-state index contributed by atoms with van der Waals surface area (Å²) in [5.41, 5.74) is 4.08. The Morgan fingerprint density at radius 3 is 2.64 bits per heavy atom. The van der Waals surface area contributed by atoms with E-state index in [0.717, 1.165) is 5.57 Å². The number of nitrogens with one attached hydrogen (secondary N) is 1. The second-order valence-electron chi connectivity index (χ2n) is 2.93. The predicted molar refractivity (Wildman–Crippen MR) is 58.4 cm³/mol. The van der Waals surface area contributed by atoms with Gasteiger partial charge in [0, 0.05) is 12.6 Å². The van der Waals surface area contributed by atoms with Gasteiger partial charge in [0.05, 0.1) is 0 Å². The van der Waals surface area contributed by atoms with Gasteiger partial charge < -0.3 is 0 Å². The van der Waals surface area contributed by atoms with Crippen molar-refractivity contribution in [3.8, 4) is 0 Å². The van der Waals surface area contributed by atoms with E-state index in [1.165, 1.54) is 5.57 Å². The first-order chi connectivity index (χ1) is 6.77. The number of amidine groups is 1. The Kier molecular flexibility index (Phi) is 3.88. The summed E-state index contributed by atoms with van der Waals surface area (Å²) in [6.07, 6.45) is 11.6. The Morgan fingerprint density at radius 2 is 2.00 bits per heavy atom. The number of hydrogen-bond acceptors (Lipinski definition) is 2. The number of allylic oxidation sites excluding steroid dienone is 6. The molecule has 14 heavy (non-hydrogen) atoms. The van der Waals surface area contributed by atoms with Gasteiger partial charge in [0.15, 0.2) is 5.84 Å². The molecule has 0 fully saturated rings. The minimum Gasteiger partial charge on any atom is -0.290 e. The predicted octanol–water partition coefficient (Wildman–Crippen LogP) is 1.99. The van der Waals surface area contributed by atoms with Crippen molar-refractivity contribution in [3.63, 3.8) is 0 Å². The molecule has 0 aliphatic heterocycles. The summed E-state index contributed by atoms with van der Waals surface area (Å²) in [7, 11) is 1.62. The number of aliphatic imine (C=N–C) groups is 1. The Hall–Kier alpha value is -1.61. The van der Waals surface area contributed by atoms with Crippen molar-refractivity contribution < 1.29 is 5.21 Å². The minimum absolute atomic E-state index is 0.457. The second-order valence-corrected chi connectivity index (χ2v) is 2.93. The first-order valence-corrected chi connectivity index (χ1v) is 4.38. The van der Waals surface area contributed by atoms with Gasteiger partial charge in [0.1, 0.15) is 0 Å². The van der Waals surface area contributed by atoms with E-state index in [0.29, 0.717) is 5.84 Å². The smallest absolute Gasteiger partial charge is 0.151 e. The lowest BCUT2D eigenvalue weighted by atomic mass is 10.1. The molecule has 0 radical (unpaired) electrons. The quantitative estimate of drug-likeness (QED) is 0.377. The van der Waals surface area contributed by atoms with Gasteiger partial charge in [0.25, 0.3) is 0 Å². The molecule has 2 N–H and O–H groups in total. The maximum absolute atomic E-state index is 8.80. The van der Waals surface area contributed by atoms with E-state index in [4.69, 9.17) is 5.21 Å². The molecule has 3 heteroatoms. The maximum atomic E-state index is 8.80. The molecule has 0 bridgehead atoms. The zero-order chi connectivity index (χ0) is 10.4. The molecule has 0 aromatic heterocycles.